The fourth-order valence-corrected chi connectivity index (χ4v) is 5.13. The Morgan fingerprint density at radius 1 is 1.07 bits per heavy atom. The van der Waals surface area contributed by atoms with E-state index in [0.717, 1.165) is 11.1 Å². The van der Waals surface area contributed by atoms with Gasteiger partial charge in [-0.15, -0.1) is 0 Å². The lowest BCUT2D eigenvalue weighted by Gasteiger charge is -2.18. The van der Waals surface area contributed by atoms with Crippen molar-refractivity contribution in [2.75, 3.05) is 13.1 Å². The topological polar surface area (TPSA) is 76.8 Å². The Bertz CT molecular complexity index is 1220. The molecule has 0 saturated carbocycles. The number of hydrogen-bond donors (Lipinski definition) is 0. The third-order valence-corrected chi connectivity index (χ3v) is 7.04. The van der Waals surface area contributed by atoms with Crippen molar-refractivity contribution in [3.8, 4) is 16.9 Å². The molecule has 3 aromatic rings. The molecule has 30 heavy (non-hydrogen) atoms. The molecule has 4 rings (SSSR count). The van der Waals surface area contributed by atoms with Gasteiger partial charge in [-0.1, -0.05) is 35.9 Å². The van der Waals surface area contributed by atoms with Crippen molar-refractivity contribution in [2.24, 2.45) is 0 Å². The minimum absolute atomic E-state index is 0.215. The van der Waals surface area contributed by atoms with Gasteiger partial charge in [-0.25, -0.2) is 13.2 Å². The monoisotopic (exact) mass is 445 g/mol. The van der Waals surface area contributed by atoms with E-state index in [4.69, 9.17) is 20.8 Å². The Kier molecular flexibility index (Phi) is 5.69. The van der Waals surface area contributed by atoms with Gasteiger partial charge in [-0.05, 0) is 48.7 Å². The van der Waals surface area contributed by atoms with E-state index in [1.807, 2.05) is 18.2 Å². The van der Waals surface area contributed by atoms with Crippen molar-refractivity contribution >= 4 is 21.6 Å². The highest BCUT2D eigenvalue weighted by atomic mass is 35.5. The van der Waals surface area contributed by atoms with E-state index >= 15 is 0 Å². The van der Waals surface area contributed by atoms with E-state index in [0.29, 0.717) is 29.5 Å². The first-order chi connectivity index (χ1) is 14.3. The molecule has 8 heteroatoms. The van der Waals surface area contributed by atoms with Gasteiger partial charge in [-0.3, -0.25) is 0 Å². The zero-order chi connectivity index (χ0) is 21.3. The van der Waals surface area contributed by atoms with Crippen molar-refractivity contribution in [1.29, 1.82) is 0 Å². The molecule has 1 saturated heterocycles. The fraction of sp³-hybridized carbons (Fsp3) is 0.227. The first-order valence-corrected chi connectivity index (χ1v) is 11.3. The van der Waals surface area contributed by atoms with Gasteiger partial charge in [0.25, 0.3) is 0 Å². The smallest absolute Gasteiger partial charge is 0.339 e. The van der Waals surface area contributed by atoms with E-state index in [9.17, 15) is 13.2 Å². The molecule has 1 unspecified atom stereocenters. The second-order valence-corrected chi connectivity index (χ2v) is 9.52. The van der Waals surface area contributed by atoms with Gasteiger partial charge < -0.3 is 9.15 Å². The number of benzene rings is 2. The molecule has 0 radical (unpaired) electrons. The van der Waals surface area contributed by atoms with E-state index in [2.05, 4.69) is 0 Å². The summed E-state index contributed by atoms with van der Waals surface area (Å²) >= 11 is 5.94. The van der Waals surface area contributed by atoms with E-state index in [-0.39, 0.29) is 17.5 Å². The van der Waals surface area contributed by atoms with Crippen LogP contribution in [0.1, 0.15) is 12.2 Å². The van der Waals surface area contributed by atoms with Crippen molar-refractivity contribution in [1.82, 2.24) is 4.31 Å². The summed E-state index contributed by atoms with van der Waals surface area (Å²) in [6.07, 6.45) is 0.204. The van der Waals surface area contributed by atoms with Gasteiger partial charge in [0.2, 0.25) is 10.0 Å². The zero-order valence-electron chi connectivity index (χ0n) is 16.2. The maximum absolute atomic E-state index is 13.2. The number of aryl methyl sites for hydroxylation is 1. The molecular weight excluding hydrogens is 426 g/mol. The molecule has 1 aromatic heterocycles. The van der Waals surface area contributed by atoms with Crippen molar-refractivity contribution < 1.29 is 17.6 Å². The number of hydrogen-bond acceptors (Lipinski definition) is 5. The van der Waals surface area contributed by atoms with Crippen LogP contribution in [-0.2, 0) is 10.0 Å². The third-order valence-electron chi connectivity index (χ3n) is 4.93. The molecule has 0 N–H and O–H groups in total. The zero-order valence-corrected chi connectivity index (χ0v) is 17.8. The molecule has 1 aliphatic rings. The second kappa shape index (κ2) is 8.26. The molecule has 0 bridgehead atoms. The Balaban J connectivity index is 1.52. The lowest BCUT2D eigenvalue weighted by atomic mass is 10.1. The number of halogens is 1. The number of ether oxygens (including phenoxy) is 1. The summed E-state index contributed by atoms with van der Waals surface area (Å²) in [6.45, 7) is 2.22. The van der Waals surface area contributed by atoms with Crippen LogP contribution in [0.5, 0.6) is 5.75 Å². The van der Waals surface area contributed by atoms with Crippen molar-refractivity contribution in [2.45, 2.75) is 24.3 Å². The molecule has 0 amide bonds. The summed E-state index contributed by atoms with van der Waals surface area (Å²) in [4.78, 5) is 11.7. The van der Waals surface area contributed by atoms with Gasteiger partial charge in [0.05, 0.1) is 17.5 Å². The minimum Gasteiger partial charge on any atom is -0.489 e. The summed E-state index contributed by atoms with van der Waals surface area (Å²) in [5.74, 6) is 0.830. The van der Waals surface area contributed by atoms with Crippen LogP contribution in [0, 0.1) is 6.92 Å². The maximum Gasteiger partial charge on any atom is 0.339 e. The largest absolute Gasteiger partial charge is 0.489 e. The quantitative estimate of drug-likeness (QED) is 0.590. The molecule has 2 aromatic carbocycles. The molecule has 156 valence electrons. The highest BCUT2D eigenvalue weighted by Crippen LogP contribution is 2.28. The van der Waals surface area contributed by atoms with Crippen LogP contribution in [0.4, 0.5) is 0 Å². The Labute approximate surface area is 179 Å². The van der Waals surface area contributed by atoms with Gasteiger partial charge in [0.1, 0.15) is 17.6 Å². The van der Waals surface area contributed by atoms with Crippen LogP contribution in [0.15, 0.2) is 74.8 Å². The Morgan fingerprint density at radius 3 is 2.57 bits per heavy atom. The molecule has 1 aliphatic heterocycles. The average Bonchev–Trinajstić information content (AvgIpc) is 3.17. The van der Waals surface area contributed by atoms with Gasteiger partial charge >= 0.3 is 5.63 Å². The number of nitrogens with zero attached hydrogens (tertiary/aromatic N) is 1. The summed E-state index contributed by atoms with van der Waals surface area (Å²) in [6, 6.07) is 17.0. The number of sulfonamides is 1. The molecule has 1 fully saturated rings. The van der Waals surface area contributed by atoms with Gasteiger partial charge in [0, 0.05) is 17.6 Å². The van der Waals surface area contributed by atoms with Crippen LogP contribution in [0.25, 0.3) is 11.1 Å². The molecule has 0 spiro atoms. The highest BCUT2D eigenvalue weighted by Gasteiger charge is 2.34. The van der Waals surface area contributed by atoms with Gasteiger partial charge in [-0.2, -0.15) is 4.31 Å². The van der Waals surface area contributed by atoms with E-state index < -0.39 is 15.6 Å². The first kappa shape index (κ1) is 20.7. The summed E-state index contributed by atoms with van der Waals surface area (Å²) in [5.41, 5.74) is 1.19. The van der Waals surface area contributed by atoms with E-state index in [1.165, 1.54) is 10.4 Å². The fourth-order valence-electron chi connectivity index (χ4n) is 3.48. The average molecular weight is 446 g/mol. The van der Waals surface area contributed by atoms with Crippen molar-refractivity contribution in [3.05, 3.63) is 81.9 Å². The second-order valence-electron chi connectivity index (χ2n) is 7.15. The molecule has 0 aliphatic carbocycles. The SMILES string of the molecule is Cc1cc(OC2CCN(S(=O)(=O)c3cccc(-c4ccc(Cl)cc4)c3)C2)cc(=O)o1. The van der Waals surface area contributed by atoms with Crippen LogP contribution in [0.2, 0.25) is 5.02 Å². The van der Waals surface area contributed by atoms with Crippen molar-refractivity contribution in [3.63, 3.8) is 0 Å². The molecular formula is C22H20ClNO5S. The Hall–Kier alpha value is -2.61. The predicted octanol–water partition coefficient (Wildman–Crippen LogP) is 4.11. The highest BCUT2D eigenvalue weighted by molar-refractivity contribution is 7.89. The van der Waals surface area contributed by atoms with Crippen LogP contribution < -0.4 is 10.4 Å². The molecule has 2 heterocycles. The van der Waals surface area contributed by atoms with Crippen LogP contribution in [-0.4, -0.2) is 31.9 Å². The Morgan fingerprint density at radius 2 is 1.83 bits per heavy atom. The first-order valence-electron chi connectivity index (χ1n) is 9.46. The number of rotatable bonds is 5. The minimum atomic E-state index is -3.67. The lowest BCUT2D eigenvalue weighted by Crippen LogP contribution is -2.31. The summed E-state index contributed by atoms with van der Waals surface area (Å²) in [7, 11) is -3.67. The summed E-state index contributed by atoms with van der Waals surface area (Å²) < 4.78 is 38.5. The lowest BCUT2D eigenvalue weighted by molar-refractivity contribution is 0.213. The molecule has 6 nitrogen and oxygen atoms in total. The van der Waals surface area contributed by atoms with Crippen LogP contribution in [0.3, 0.4) is 0 Å². The van der Waals surface area contributed by atoms with E-state index in [1.54, 1.807) is 43.3 Å². The third kappa shape index (κ3) is 4.43. The normalized spacial score (nSPS) is 17.2. The predicted molar refractivity (Wildman–Crippen MR) is 114 cm³/mol. The van der Waals surface area contributed by atoms with Crippen LogP contribution >= 0.6 is 11.6 Å². The molecule has 1 atom stereocenters. The standard InChI is InChI=1S/C22H20ClNO5S/c1-15-11-20(13-22(25)28-15)29-19-9-10-24(14-19)30(26,27)21-4-2-3-17(12-21)16-5-7-18(23)8-6-16/h2-8,11-13,19H,9-10,14H2,1H3. The van der Waals surface area contributed by atoms with Gasteiger partial charge in [0.15, 0.2) is 0 Å². The summed E-state index contributed by atoms with van der Waals surface area (Å²) in [5, 5.41) is 0.622. The maximum atomic E-state index is 13.2.